The van der Waals surface area contributed by atoms with Crippen LogP contribution >= 0.6 is 0 Å². The predicted octanol–water partition coefficient (Wildman–Crippen LogP) is 5.60. The minimum Gasteiger partial charge on any atom is -0.440 e. The van der Waals surface area contributed by atoms with Crippen molar-refractivity contribution in [2.75, 3.05) is 18.4 Å². The minimum atomic E-state index is -0.607. The molecule has 2 atom stereocenters. The number of para-hydroxylation sites is 2. The largest absolute Gasteiger partial charge is 0.440 e. The normalized spacial score (nSPS) is 17.2. The van der Waals surface area contributed by atoms with Crippen molar-refractivity contribution in [1.82, 2.24) is 9.88 Å². The standard InChI is InChI=1S/C27H26N4O4/c1-18-13-14-21(23(16-18)31(33)34)28-26(32)25(19-8-3-2-4-9-19)30-15-7-10-20(17-30)27-29-22-11-5-6-12-24(22)35-27/h2-6,8-9,11-14,16,20,25H,7,10,15,17H2,1H3,(H,28,32). The monoisotopic (exact) mass is 470 g/mol. The first-order valence-corrected chi connectivity index (χ1v) is 11.7. The molecule has 1 aliphatic rings. The van der Waals surface area contributed by atoms with E-state index in [0.717, 1.165) is 41.6 Å². The molecule has 0 saturated carbocycles. The van der Waals surface area contributed by atoms with Gasteiger partial charge >= 0.3 is 0 Å². The average molecular weight is 471 g/mol. The molecular formula is C27H26N4O4. The van der Waals surface area contributed by atoms with Gasteiger partial charge in [0.05, 0.1) is 4.92 Å². The summed E-state index contributed by atoms with van der Waals surface area (Å²) in [5.41, 5.74) is 3.24. The molecule has 2 heterocycles. The second-order valence-electron chi connectivity index (χ2n) is 8.93. The smallest absolute Gasteiger partial charge is 0.293 e. The number of piperidine rings is 1. The molecule has 178 valence electrons. The van der Waals surface area contributed by atoms with Crippen molar-refractivity contribution in [2.24, 2.45) is 0 Å². The van der Waals surface area contributed by atoms with E-state index in [9.17, 15) is 14.9 Å². The van der Waals surface area contributed by atoms with Gasteiger partial charge in [0, 0.05) is 18.5 Å². The average Bonchev–Trinajstić information content (AvgIpc) is 3.31. The predicted molar refractivity (Wildman–Crippen MR) is 133 cm³/mol. The Morgan fingerprint density at radius 2 is 1.91 bits per heavy atom. The molecule has 0 radical (unpaired) electrons. The van der Waals surface area contributed by atoms with E-state index < -0.39 is 11.0 Å². The SMILES string of the molecule is Cc1ccc(NC(=O)C(c2ccccc2)N2CCCC(c3nc4ccccc4o3)C2)c([N+](=O)[O-])c1. The van der Waals surface area contributed by atoms with Crippen molar-refractivity contribution >= 4 is 28.4 Å². The molecule has 0 bridgehead atoms. The number of carbonyl (C=O) groups excluding carboxylic acids is 1. The Morgan fingerprint density at radius 3 is 2.69 bits per heavy atom. The molecule has 8 nitrogen and oxygen atoms in total. The van der Waals surface area contributed by atoms with Crippen LogP contribution in [0.3, 0.4) is 0 Å². The number of fused-ring (bicyclic) bond motifs is 1. The molecule has 1 amide bonds. The molecule has 8 heteroatoms. The number of oxazole rings is 1. The number of rotatable bonds is 6. The first-order chi connectivity index (χ1) is 17.0. The summed E-state index contributed by atoms with van der Waals surface area (Å²) < 4.78 is 6.04. The van der Waals surface area contributed by atoms with E-state index in [1.165, 1.54) is 6.07 Å². The molecular weight excluding hydrogens is 444 g/mol. The van der Waals surface area contributed by atoms with Gasteiger partial charge in [0.15, 0.2) is 11.5 Å². The van der Waals surface area contributed by atoms with Crippen LogP contribution in [0.1, 0.15) is 41.8 Å². The second kappa shape index (κ2) is 9.68. The summed E-state index contributed by atoms with van der Waals surface area (Å²) in [7, 11) is 0. The summed E-state index contributed by atoms with van der Waals surface area (Å²) in [4.78, 5) is 31.6. The number of aromatic nitrogens is 1. The van der Waals surface area contributed by atoms with Crippen LogP contribution in [-0.2, 0) is 4.79 Å². The maximum Gasteiger partial charge on any atom is 0.293 e. The highest BCUT2D eigenvalue weighted by Gasteiger charge is 2.34. The van der Waals surface area contributed by atoms with Crippen LogP contribution in [0.4, 0.5) is 11.4 Å². The second-order valence-corrected chi connectivity index (χ2v) is 8.93. The van der Waals surface area contributed by atoms with Crippen molar-refractivity contribution in [3.05, 3.63) is 99.9 Å². The van der Waals surface area contributed by atoms with Gasteiger partial charge in [-0.25, -0.2) is 4.98 Å². The van der Waals surface area contributed by atoms with Crippen LogP contribution in [-0.4, -0.2) is 33.8 Å². The summed E-state index contributed by atoms with van der Waals surface area (Å²) in [6.45, 7) is 3.10. The Balaban J connectivity index is 1.44. The van der Waals surface area contributed by atoms with Crippen molar-refractivity contribution in [1.29, 1.82) is 0 Å². The Labute approximate surface area is 202 Å². The molecule has 0 aliphatic carbocycles. The number of aryl methyl sites for hydroxylation is 1. The number of nitro groups is 1. The van der Waals surface area contributed by atoms with Crippen molar-refractivity contribution < 1.29 is 14.1 Å². The van der Waals surface area contributed by atoms with E-state index in [4.69, 9.17) is 4.42 Å². The molecule has 1 saturated heterocycles. The zero-order chi connectivity index (χ0) is 24.4. The maximum absolute atomic E-state index is 13.6. The summed E-state index contributed by atoms with van der Waals surface area (Å²) in [6, 6.07) is 21.4. The van der Waals surface area contributed by atoms with E-state index in [-0.39, 0.29) is 23.2 Å². The number of nitrogens with one attached hydrogen (secondary N) is 1. The summed E-state index contributed by atoms with van der Waals surface area (Å²) in [5.74, 6) is 0.419. The lowest BCUT2D eigenvalue weighted by atomic mass is 9.94. The highest BCUT2D eigenvalue weighted by Crippen LogP contribution is 2.34. The van der Waals surface area contributed by atoms with Crippen LogP contribution in [0.25, 0.3) is 11.1 Å². The van der Waals surface area contributed by atoms with Gasteiger partial charge in [-0.2, -0.15) is 0 Å². The number of nitrogens with zero attached hydrogens (tertiary/aromatic N) is 3. The van der Waals surface area contributed by atoms with Gasteiger partial charge in [-0.05, 0) is 55.6 Å². The number of amides is 1. The summed E-state index contributed by atoms with van der Waals surface area (Å²) in [5, 5.41) is 14.4. The Bertz CT molecular complexity index is 1340. The molecule has 5 rings (SSSR count). The fourth-order valence-electron chi connectivity index (χ4n) is 4.77. The molecule has 35 heavy (non-hydrogen) atoms. The number of hydrogen-bond acceptors (Lipinski definition) is 6. The highest BCUT2D eigenvalue weighted by molar-refractivity contribution is 5.97. The molecule has 4 aromatic rings. The van der Waals surface area contributed by atoms with E-state index in [1.54, 1.807) is 19.1 Å². The van der Waals surface area contributed by atoms with Gasteiger partial charge in [-0.1, -0.05) is 48.5 Å². The van der Waals surface area contributed by atoms with Crippen molar-refractivity contribution in [2.45, 2.75) is 31.7 Å². The number of benzene rings is 3. The highest BCUT2D eigenvalue weighted by atomic mass is 16.6. The number of nitro benzene ring substituents is 1. The van der Waals surface area contributed by atoms with Crippen LogP contribution < -0.4 is 5.32 Å². The van der Waals surface area contributed by atoms with Crippen molar-refractivity contribution in [3.63, 3.8) is 0 Å². The van der Waals surface area contributed by atoms with E-state index in [1.807, 2.05) is 54.6 Å². The zero-order valence-corrected chi connectivity index (χ0v) is 19.4. The van der Waals surface area contributed by atoms with Gasteiger partial charge in [0.2, 0.25) is 5.91 Å². The molecule has 0 spiro atoms. The molecule has 3 aromatic carbocycles. The van der Waals surface area contributed by atoms with Gasteiger partial charge in [-0.3, -0.25) is 19.8 Å². The number of anilines is 1. The fraction of sp³-hybridized carbons (Fsp3) is 0.259. The van der Waals surface area contributed by atoms with Crippen LogP contribution in [0.2, 0.25) is 0 Å². The van der Waals surface area contributed by atoms with Gasteiger partial charge in [0.25, 0.3) is 5.69 Å². The molecule has 1 fully saturated rings. The lowest BCUT2D eigenvalue weighted by molar-refractivity contribution is -0.384. The topological polar surface area (TPSA) is 102 Å². The summed E-state index contributed by atoms with van der Waals surface area (Å²) in [6.07, 6.45) is 1.79. The third-order valence-electron chi connectivity index (χ3n) is 6.45. The first-order valence-electron chi connectivity index (χ1n) is 11.7. The van der Waals surface area contributed by atoms with Gasteiger partial charge < -0.3 is 9.73 Å². The Morgan fingerprint density at radius 1 is 1.14 bits per heavy atom. The van der Waals surface area contributed by atoms with Crippen LogP contribution in [0.5, 0.6) is 0 Å². The third-order valence-corrected chi connectivity index (χ3v) is 6.45. The Kier molecular flexibility index (Phi) is 6.29. The third kappa shape index (κ3) is 4.79. The van der Waals surface area contributed by atoms with Crippen LogP contribution in [0, 0.1) is 17.0 Å². The Hall–Kier alpha value is -4.04. The van der Waals surface area contributed by atoms with Gasteiger partial charge in [-0.15, -0.1) is 0 Å². The molecule has 1 aliphatic heterocycles. The molecule has 2 unspecified atom stereocenters. The lowest BCUT2D eigenvalue weighted by Crippen LogP contribution is -2.42. The van der Waals surface area contributed by atoms with E-state index in [0.29, 0.717) is 12.4 Å². The van der Waals surface area contributed by atoms with E-state index >= 15 is 0 Å². The zero-order valence-electron chi connectivity index (χ0n) is 19.4. The van der Waals surface area contributed by atoms with Crippen LogP contribution in [0.15, 0.2) is 77.2 Å². The maximum atomic E-state index is 13.6. The summed E-state index contributed by atoms with van der Waals surface area (Å²) >= 11 is 0. The number of likely N-dealkylation sites (tertiary alicyclic amines) is 1. The van der Waals surface area contributed by atoms with Gasteiger partial charge in [0.1, 0.15) is 17.2 Å². The van der Waals surface area contributed by atoms with E-state index in [2.05, 4.69) is 15.2 Å². The first kappa shape index (κ1) is 22.7. The lowest BCUT2D eigenvalue weighted by Gasteiger charge is -2.36. The fourth-order valence-corrected chi connectivity index (χ4v) is 4.77. The molecule has 1 N–H and O–H groups in total. The minimum absolute atomic E-state index is 0.0453. The quantitative estimate of drug-likeness (QED) is 0.291. The number of carbonyl (C=O) groups is 1. The van der Waals surface area contributed by atoms with Crippen molar-refractivity contribution in [3.8, 4) is 0 Å². The molecule has 1 aromatic heterocycles. The number of hydrogen-bond donors (Lipinski definition) is 1.